The minimum Gasteiger partial charge on any atom is -0.497 e. The zero-order chi connectivity index (χ0) is 31.5. The number of rotatable bonds is 13. The molecule has 0 unspecified atom stereocenters. The van der Waals surface area contributed by atoms with Crippen molar-refractivity contribution in [1.29, 1.82) is 0 Å². The second kappa shape index (κ2) is 15.7. The fraction of sp³-hybridized carbons (Fsp3) is 0.324. The molecule has 0 N–H and O–H groups in total. The SMILES string of the molecule is COc1cc(C=C(C(=O)N(C)C)c2ccc(Oc3ccc(CCC(=O)N(CC=O)N4CCOCC4)cc3)cc2)cc(OC)c1. The van der Waals surface area contributed by atoms with Gasteiger partial charge in [-0.3, -0.25) is 14.6 Å². The van der Waals surface area contributed by atoms with Crippen LogP contribution in [0.5, 0.6) is 23.0 Å². The Morgan fingerprint density at radius 1 is 0.864 bits per heavy atom. The van der Waals surface area contributed by atoms with Crippen LogP contribution in [0, 0.1) is 0 Å². The number of carbonyl (C=O) groups is 3. The van der Waals surface area contributed by atoms with E-state index in [1.165, 1.54) is 9.91 Å². The predicted molar refractivity (Wildman–Crippen MR) is 168 cm³/mol. The van der Waals surface area contributed by atoms with Gasteiger partial charge in [0, 0.05) is 45.2 Å². The molecule has 1 fully saturated rings. The van der Waals surface area contributed by atoms with Gasteiger partial charge in [-0.1, -0.05) is 24.3 Å². The highest BCUT2D eigenvalue weighted by Crippen LogP contribution is 2.29. The lowest BCUT2D eigenvalue weighted by molar-refractivity contribution is -0.158. The summed E-state index contributed by atoms with van der Waals surface area (Å²) in [5, 5.41) is 3.41. The molecule has 1 saturated heterocycles. The molecule has 0 radical (unpaired) electrons. The Labute approximate surface area is 258 Å². The van der Waals surface area contributed by atoms with Crippen LogP contribution >= 0.6 is 0 Å². The summed E-state index contributed by atoms with van der Waals surface area (Å²) in [6.07, 6.45) is 3.39. The summed E-state index contributed by atoms with van der Waals surface area (Å²) < 4.78 is 22.2. The van der Waals surface area contributed by atoms with Crippen LogP contribution in [0.1, 0.15) is 23.1 Å². The summed E-state index contributed by atoms with van der Waals surface area (Å²) >= 11 is 0. The van der Waals surface area contributed by atoms with Crippen molar-refractivity contribution in [2.75, 3.05) is 61.2 Å². The lowest BCUT2D eigenvalue weighted by atomic mass is 10.0. The van der Waals surface area contributed by atoms with Gasteiger partial charge in [0.15, 0.2) is 0 Å². The van der Waals surface area contributed by atoms with Gasteiger partial charge < -0.3 is 28.6 Å². The standard InChI is InChI=1S/C34H39N3O7/c1-35(2)34(40)32(23-26-21-30(41-3)24-31(22-26)42-4)27-8-12-29(13-9-27)44-28-10-5-25(6-11-28)7-14-33(39)37(15-18-38)36-16-19-43-20-17-36/h5-6,8-13,18,21-24H,7,14-17,19-20H2,1-4H3. The zero-order valence-electron chi connectivity index (χ0n) is 25.7. The second-order valence-electron chi connectivity index (χ2n) is 10.4. The molecule has 10 heteroatoms. The number of hydrazine groups is 1. The smallest absolute Gasteiger partial charge is 0.253 e. The minimum atomic E-state index is -0.145. The van der Waals surface area contributed by atoms with E-state index in [-0.39, 0.29) is 24.8 Å². The second-order valence-corrected chi connectivity index (χ2v) is 10.4. The number of aryl methyl sites for hydroxylation is 1. The molecule has 232 valence electrons. The highest BCUT2D eigenvalue weighted by atomic mass is 16.5. The molecule has 44 heavy (non-hydrogen) atoms. The highest BCUT2D eigenvalue weighted by molar-refractivity contribution is 6.24. The van der Waals surface area contributed by atoms with Gasteiger partial charge in [0.25, 0.3) is 5.91 Å². The number of likely N-dealkylation sites (N-methyl/N-ethyl adjacent to an activating group) is 1. The van der Waals surface area contributed by atoms with E-state index in [2.05, 4.69) is 0 Å². The molecule has 3 aromatic carbocycles. The number of aldehydes is 1. The Morgan fingerprint density at radius 2 is 1.45 bits per heavy atom. The summed E-state index contributed by atoms with van der Waals surface area (Å²) in [6.45, 7) is 2.30. The molecule has 0 saturated carbocycles. The van der Waals surface area contributed by atoms with Gasteiger partial charge in [0.05, 0.1) is 34.0 Å². The fourth-order valence-electron chi connectivity index (χ4n) is 4.77. The third kappa shape index (κ3) is 8.68. The molecule has 0 spiro atoms. The maximum Gasteiger partial charge on any atom is 0.253 e. The Balaban J connectivity index is 1.42. The molecule has 3 aromatic rings. The van der Waals surface area contributed by atoms with E-state index < -0.39 is 0 Å². The number of amides is 2. The average Bonchev–Trinajstić information content (AvgIpc) is 3.06. The number of ether oxygens (including phenoxy) is 4. The van der Waals surface area contributed by atoms with Crippen LogP contribution in [0.2, 0.25) is 0 Å². The first kappa shape index (κ1) is 32.2. The summed E-state index contributed by atoms with van der Waals surface area (Å²) in [4.78, 5) is 38.7. The first-order chi connectivity index (χ1) is 21.3. The van der Waals surface area contributed by atoms with Gasteiger partial charge in [-0.25, -0.2) is 5.01 Å². The van der Waals surface area contributed by atoms with Crippen molar-refractivity contribution in [2.45, 2.75) is 12.8 Å². The highest BCUT2D eigenvalue weighted by Gasteiger charge is 2.23. The molecule has 0 bridgehead atoms. The number of carbonyl (C=O) groups excluding carboxylic acids is 3. The van der Waals surface area contributed by atoms with Crippen molar-refractivity contribution >= 4 is 29.7 Å². The van der Waals surface area contributed by atoms with E-state index in [4.69, 9.17) is 18.9 Å². The van der Waals surface area contributed by atoms with Crippen molar-refractivity contribution in [3.05, 3.63) is 83.4 Å². The summed E-state index contributed by atoms with van der Waals surface area (Å²) in [5.41, 5.74) is 3.00. The van der Waals surface area contributed by atoms with E-state index >= 15 is 0 Å². The van der Waals surface area contributed by atoms with E-state index in [0.29, 0.717) is 61.3 Å². The van der Waals surface area contributed by atoms with Crippen molar-refractivity contribution in [3.63, 3.8) is 0 Å². The van der Waals surface area contributed by atoms with Gasteiger partial charge >= 0.3 is 0 Å². The minimum absolute atomic E-state index is 0.0424. The third-order valence-electron chi connectivity index (χ3n) is 7.14. The topological polar surface area (TPSA) is 97.9 Å². The summed E-state index contributed by atoms with van der Waals surface area (Å²) in [5.74, 6) is 2.28. The Hall–Kier alpha value is -4.67. The van der Waals surface area contributed by atoms with Gasteiger partial charge in [0.1, 0.15) is 29.3 Å². The summed E-state index contributed by atoms with van der Waals surface area (Å²) in [7, 11) is 6.59. The van der Waals surface area contributed by atoms with E-state index in [1.54, 1.807) is 34.4 Å². The summed E-state index contributed by atoms with van der Waals surface area (Å²) in [6, 6.07) is 20.4. The van der Waals surface area contributed by atoms with Crippen molar-refractivity contribution in [2.24, 2.45) is 0 Å². The molecule has 0 aliphatic carbocycles. The molecule has 1 aliphatic rings. The van der Waals surface area contributed by atoms with Crippen LogP contribution in [0.25, 0.3) is 11.6 Å². The Bertz CT molecular complexity index is 1420. The molecule has 0 atom stereocenters. The molecular formula is C34H39N3O7. The first-order valence-corrected chi connectivity index (χ1v) is 14.4. The number of hydrogen-bond donors (Lipinski definition) is 0. The van der Waals surface area contributed by atoms with E-state index in [1.807, 2.05) is 71.7 Å². The van der Waals surface area contributed by atoms with Crippen LogP contribution in [0.4, 0.5) is 0 Å². The van der Waals surface area contributed by atoms with Crippen LogP contribution in [0.3, 0.4) is 0 Å². The first-order valence-electron chi connectivity index (χ1n) is 14.4. The van der Waals surface area contributed by atoms with Crippen LogP contribution in [-0.2, 0) is 25.5 Å². The van der Waals surface area contributed by atoms with Crippen molar-refractivity contribution in [1.82, 2.24) is 14.9 Å². The molecule has 0 aromatic heterocycles. The molecule has 1 aliphatic heterocycles. The average molecular weight is 602 g/mol. The van der Waals surface area contributed by atoms with Crippen molar-refractivity contribution in [3.8, 4) is 23.0 Å². The van der Waals surface area contributed by atoms with Gasteiger partial charge in [-0.05, 0) is 65.6 Å². The van der Waals surface area contributed by atoms with Crippen molar-refractivity contribution < 1.29 is 33.3 Å². The quantitative estimate of drug-likeness (QED) is 0.162. The molecular weight excluding hydrogens is 562 g/mol. The van der Waals surface area contributed by atoms with Crippen LogP contribution in [0.15, 0.2) is 66.7 Å². The number of morpholine rings is 1. The predicted octanol–water partition coefficient (Wildman–Crippen LogP) is 4.33. The van der Waals surface area contributed by atoms with E-state index in [0.717, 1.165) is 23.0 Å². The normalized spacial score (nSPS) is 13.6. The molecule has 10 nitrogen and oxygen atoms in total. The fourth-order valence-corrected chi connectivity index (χ4v) is 4.77. The number of hydrogen-bond acceptors (Lipinski definition) is 8. The molecule has 1 heterocycles. The molecule has 4 rings (SSSR count). The number of benzene rings is 3. The maximum atomic E-state index is 13.1. The number of nitrogens with zero attached hydrogens (tertiary/aromatic N) is 3. The van der Waals surface area contributed by atoms with Gasteiger partial charge in [-0.2, -0.15) is 0 Å². The number of methoxy groups -OCH3 is 2. The van der Waals surface area contributed by atoms with Crippen LogP contribution in [-0.4, -0.2) is 94.2 Å². The van der Waals surface area contributed by atoms with Gasteiger partial charge in [-0.15, -0.1) is 0 Å². The van der Waals surface area contributed by atoms with Gasteiger partial charge in [0.2, 0.25) is 5.91 Å². The monoisotopic (exact) mass is 601 g/mol. The lowest BCUT2D eigenvalue weighted by Crippen LogP contribution is -2.52. The Morgan fingerprint density at radius 3 is 2.00 bits per heavy atom. The lowest BCUT2D eigenvalue weighted by Gasteiger charge is -2.36. The zero-order valence-corrected chi connectivity index (χ0v) is 25.7. The maximum absolute atomic E-state index is 13.1. The molecule has 2 amide bonds. The van der Waals surface area contributed by atoms with E-state index in [9.17, 15) is 14.4 Å². The largest absolute Gasteiger partial charge is 0.497 e. The third-order valence-corrected chi connectivity index (χ3v) is 7.14. The van der Waals surface area contributed by atoms with Crippen LogP contribution < -0.4 is 14.2 Å². The Kier molecular flexibility index (Phi) is 11.5.